The Bertz CT molecular complexity index is 1070. The molecule has 1 fully saturated rings. The van der Waals surface area contributed by atoms with Crippen LogP contribution in [0.3, 0.4) is 0 Å². The maximum Gasteiger partial charge on any atom is 0.163 e. The molecule has 2 aliphatic rings. The second-order valence-electron chi connectivity index (χ2n) is 10.1. The zero-order chi connectivity index (χ0) is 23.2. The molecule has 3 nitrogen and oxygen atoms in total. The molecular formula is C31H36N2O. The largest absolute Gasteiger partial charge is 0.299 e. The molecule has 3 aromatic carbocycles. The summed E-state index contributed by atoms with van der Waals surface area (Å²) in [6.07, 6.45) is 5.03. The molecule has 0 atom stereocenters. The van der Waals surface area contributed by atoms with Crippen LogP contribution < -0.4 is 0 Å². The fourth-order valence-corrected chi connectivity index (χ4v) is 5.51. The van der Waals surface area contributed by atoms with Crippen LogP contribution in [0.15, 0.2) is 78.9 Å². The van der Waals surface area contributed by atoms with Gasteiger partial charge in [-0.2, -0.15) is 0 Å². The number of Topliss-reactive ketones (excluding diaryl/α,β-unsaturated/α-hetero) is 1. The first-order chi connectivity index (χ1) is 16.7. The first-order valence-electron chi connectivity index (χ1n) is 12.9. The Balaban J connectivity index is 1.13. The van der Waals surface area contributed by atoms with Gasteiger partial charge in [0.2, 0.25) is 0 Å². The predicted molar refractivity (Wildman–Crippen MR) is 139 cm³/mol. The summed E-state index contributed by atoms with van der Waals surface area (Å²) >= 11 is 0. The molecule has 2 heterocycles. The van der Waals surface area contributed by atoms with Gasteiger partial charge in [-0.05, 0) is 73.0 Å². The van der Waals surface area contributed by atoms with E-state index < -0.39 is 0 Å². The van der Waals surface area contributed by atoms with E-state index in [1.807, 2.05) is 0 Å². The number of benzene rings is 3. The normalized spacial score (nSPS) is 17.8. The van der Waals surface area contributed by atoms with Crippen molar-refractivity contribution < 1.29 is 4.79 Å². The van der Waals surface area contributed by atoms with Crippen molar-refractivity contribution in [3.05, 3.63) is 107 Å². The Morgan fingerprint density at radius 2 is 1.24 bits per heavy atom. The van der Waals surface area contributed by atoms with E-state index in [0.29, 0.717) is 18.1 Å². The molecule has 3 heteroatoms. The fraction of sp³-hybridized carbons (Fsp3) is 0.387. The zero-order valence-corrected chi connectivity index (χ0v) is 20.2. The number of carbonyl (C=O) groups is 1. The van der Waals surface area contributed by atoms with Crippen LogP contribution in [0, 0.1) is 5.92 Å². The first-order valence-corrected chi connectivity index (χ1v) is 12.9. The number of fused-ring (bicyclic) bond motifs is 1. The number of rotatable bonds is 7. The summed E-state index contributed by atoms with van der Waals surface area (Å²) in [6, 6.07) is 27.9. The minimum atomic E-state index is 0.328. The van der Waals surface area contributed by atoms with Crippen molar-refractivity contribution in [3.8, 4) is 0 Å². The van der Waals surface area contributed by atoms with E-state index >= 15 is 0 Å². The fourth-order valence-electron chi connectivity index (χ4n) is 5.51. The quantitative estimate of drug-likeness (QED) is 0.425. The Morgan fingerprint density at radius 1 is 0.676 bits per heavy atom. The lowest BCUT2D eigenvalue weighted by atomic mass is 9.88. The van der Waals surface area contributed by atoms with Crippen molar-refractivity contribution >= 4 is 5.78 Å². The lowest BCUT2D eigenvalue weighted by molar-refractivity contribution is 0.0925. The first kappa shape index (κ1) is 23.0. The van der Waals surface area contributed by atoms with Gasteiger partial charge in [0, 0.05) is 38.2 Å². The third-order valence-electron chi connectivity index (χ3n) is 7.60. The highest BCUT2D eigenvalue weighted by Gasteiger charge is 2.23. The Hall–Kier alpha value is -2.75. The second kappa shape index (κ2) is 11.1. The average molecular weight is 453 g/mol. The molecular weight excluding hydrogens is 416 g/mol. The van der Waals surface area contributed by atoms with E-state index in [1.165, 1.54) is 22.3 Å². The van der Waals surface area contributed by atoms with E-state index in [-0.39, 0.29) is 0 Å². The van der Waals surface area contributed by atoms with Gasteiger partial charge in [-0.3, -0.25) is 14.6 Å². The predicted octanol–water partition coefficient (Wildman–Crippen LogP) is 5.77. The van der Waals surface area contributed by atoms with Crippen LogP contribution in [0.4, 0.5) is 0 Å². The molecule has 0 N–H and O–H groups in total. The van der Waals surface area contributed by atoms with Crippen molar-refractivity contribution in [2.45, 2.75) is 45.2 Å². The van der Waals surface area contributed by atoms with Crippen LogP contribution in [-0.2, 0) is 25.9 Å². The van der Waals surface area contributed by atoms with Gasteiger partial charge < -0.3 is 0 Å². The maximum absolute atomic E-state index is 13.1. The molecule has 0 spiro atoms. The van der Waals surface area contributed by atoms with E-state index in [0.717, 1.165) is 70.5 Å². The van der Waals surface area contributed by atoms with Gasteiger partial charge in [-0.1, -0.05) is 72.8 Å². The topological polar surface area (TPSA) is 23.6 Å². The minimum absolute atomic E-state index is 0.328. The van der Waals surface area contributed by atoms with Gasteiger partial charge in [0.25, 0.3) is 0 Å². The van der Waals surface area contributed by atoms with Gasteiger partial charge >= 0.3 is 0 Å². The summed E-state index contributed by atoms with van der Waals surface area (Å²) in [7, 11) is 0. The molecule has 0 aromatic heterocycles. The lowest BCUT2D eigenvalue weighted by Crippen LogP contribution is -2.33. The van der Waals surface area contributed by atoms with Crippen molar-refractivity contribution in [3.63, 3.8) is 0 Å². The van der Waals surface area contributed by atoms with E-state index in [9.17, 15) is 4.79 Å². The van der Waals surface area contributed by atoms with Gasteiger partial charge in [-0.25, -0.2) is 0 Å². The van der Waals surface area contributed by atoms with Crippen LogP contribution in [0.5, 0.6) is 0 Å². The number of hydrogen-bond acceptors (Lipinski definition) is 3. The number of hydrogen-bond donors (Lipinski definition) is 0. The third kappa shape index (κ3) is 6.02. The summed E-state index contributed by atoms with van der Waals surface area (Å²) in [4.78, 5) is 18.2. The Kier molecular flexibility index (Phi) is 7.52. The Labute approximate surface area is 204 Å². The smallest absolute Gasteiger partial charge is 0.163 e. The van der Waals surface area contributed by atoms with Crippen LogP contribution in [0.25, 0.3) is 0 Å². The summed E-state index contributed by atoms with van der Waals surface area (Å²) in [5, 5.41) is 0. The zero-order valence-electron chi connectivity index (χ0n) is 20.2. The van der Waals surface area contributed by atoms with Gasteiger partial charge in [0.05, 0.1) is 0 Å². The number of nitrogens with zero attached hydrogens (tertiary/aromatic N) is 2. The van der Waals surface area contributed by atoms with Crippen molar-refractivity contribution in [2.75, 3.05) is 26.2 Å². The van der Waals surface area contributed by atoms with Gasteiger partial charge in [0.15, 0.2) is 5.78 Å². The monoisotopic (exact) mass is 452 g/mol. The Morgan fingerprint density at radius 3 is 1.85 bits per heavy atom. The highest BCUT2D eigenvalue weighted by Crippen LogP contribution is 2.25. The summed E-state index contributed by atoms with van der Waals surface area (Å²) in [5.74, 6) is 0.842. The molecule has 5 rings (SSSR count). The third-order valence-corrected chi connectivity index (χ3v) is 7.60. The minimum Gasteiger partial charge on any atom is -0.299 e. The highest BCUT2D eigenvalue weighted by molar-refractivity contribution is 5.96. The molecule has 3 aromatic rings. The molecule has 0 bridgehead atoms. The van der Waals surface area contributed by atoms with Gasteiger partial charge in [-0.15, -0.1) is 0 Å². The highest BCUT2D eigenvalue weighted by atomic mass is 16.1. The van der Waals surface area contributed by atoms with E-state index in [2.05, 4.69) is 88.7 Å². The lowest BCUT2D eigenvalue weighted by Gasteiger charge is -2.31. The van der Waals surface area contributed by atoms with Crippen molar-refractivity contribution in [2.24, 2.45) is 5.92 Å². The van der Waals surface area contributed by atoms with Crippen LogP contribution in [0.2, 0.25) is 0 Å². The molecule has 2 aliphatic heterocycles. The number of carbonyl (C=O) groups excluding carboxylic acids is 1. The number of ketones is 1. The van der Waals surface area contributed by atoms with E-state index in [4.69, 9.17) is 0 Å². The van der Waals surface area contributed by atoms with Crippen LogP contribution in [-0.4, -0.2) is 41.8 Å². The maximum atomic E-state index is 13.1. The number of piperidine rings is 1. The molecule has 34 heavy (non-hydrogen) atoms. The van der Waals surface area contributed by atoms with Crippen LogP contribution in [0.1, 0.15) is 51.9 Å². The SMILES string of the molecule is O=C(CC1CCN(Cc2ccccc2)CC1)c1ccc2c(c1)CCN(Cc1ccccc1)CC2. The van der Waals surface area contributed by atoms with Crippen molar-refractivity contribution in [1.29, 1.82) is 0 Å². The molecule has 0 radical (unpaired) electrons. The molecule has 0 saturated carbocycles. The molecule has 0 amide bonds. The summed E-state index contributed by atoms with van der Waals surface area (Å²) in [6.45, 7) is 6.34. The van der Waals surface area contributed by atoms with Crippen LogP contribution >= 0.6 is 0 Å². The molecule has 0 aliphatic carbocycles. The molecule has 176 valence electrons. The summed E-state index contributed by atoms with van der Waals surface area (Å²) in [5.41, 5.74) is 6.46. The number of likely N-dealkylation sites (tertiary alicyclic amines) is 1. The second-order valence-corrected chi connectivity index (χ2v) is 10.1. The molecule has 1 saturated heterocycles. The standard InChI is InChI=1S/C31H36N2O/c34-31(21-25-13-17-32(18-14-25)23-26-7-3-1-4-8-26)30-12-11-28-15-19-33(20-16-29(28)22-30)24-27-9-5-2-6-10-27/h1-12,22,25H,13-21,23-24H2. The average Bonchev–Trinajstić information content (AvgIpc) is 3.08. The van der Waals surface area contributed by atoms with Gasteiger partial charge in [0.1, 0.15) is 0 Å². The summed E-state index contributed by atoms with van der Waals surface area (Å²) < 4.78 is 0. The molecule has 0 unspecified atom stereocenters. The van der Waals surface area contributed by atoms with E-state index in [1.54, 1.807) is 0 Å². The van der Waals surface area contributed by atoms with Crippen molar-refractivity contribution in [1.82, 2.24) is 9.80 Å².